The SMILES string of the molecule is c1ccc2c(c1)ncc1ccc3c(ccc4ocnc43)c12. The van der Waals surface area contributed by atoms with Gasteiger partial charge in [-0.25, -0.2) is 4.98 Å². The molecule has 0 unspecified atom stereocenters. The van der Waals surface area contributed by atoms with Crippen LogP contribution >= 0.6 is 0 Å². The van der Waals surface area contributed by atoms with E-state index in [4.69, 9.17) is 4.42 Å². The molecule has 3 aromatic carbocycles. The van der Waals surface area contributed by atoms with Gasteiger partial charge in [-0.3, -0.25) is 4.98 Å². The maximum absolute atomic E-state index is 5.40. The van der Waals surface area contributed by atoms with E-state index in [0.717, 1.165) is 27.4 Å². The summed E-state index contributed by atoms with van der Waals surface area (Å²) < 4.78 is 5.40. The molecule has 0 radical (unpaired) electrons. The normalized spacial score (nSPS) is 11.8. The number of aromatic nitrogens is 2. The van der Waals surface area contributed by atoms with Crippen LogP contribution in [-0.2, 0) is 0 Å². The van der Waals surface area contributed by atoms with Gasteiger partial charge in [-0.1, -0.05) is 30.3 Å². The molecule has 0 spiro atoms. The van der Waals surface area contributed by atoms with Crippen LogP contribution in [-0.4, -0.2) is 9.97 Å². The first-order valence-corrected chi connectivity index (χ1v) is 6.84. The summed E-state index contributed by atoms with van der Waals surface area (Å²) in [5, 5.41) is 5.84. The number of oxazole rings is 1. The van der Waals surface area contributed by atoms with Crippen molar-refractivity contribution in [1.29, 1.82) is 0 Å². The minimum atomic E-state index is 0.820. The molecule has 3 heteroatoms. The molecule has 0 saturated carbocycles. The maximum atomic E-state index is 5.40. The molecule has 0 atom stereocenters. The first kappa shape index (κ1) is 10.8. The van der Waals surface area contributed by atoms with Crippen LogP contribution in [0.15, 0.2) is 65.5 Å². The van der Waals surface area contributed by atoms with Gasteiger partial charge in [-0.05, 0) is 23.6 Å². The molecule has 2 aromatic heterocycles. The zero-order valence-corrected chi connectivity index (χ0v) is 11.1. The highest BCUT2D eigenvalue weighted by Crippen LogP contribution is 2.33. The van der Waals surface area contributed by atoms with Crippen LogP contribution in [0.25, 0.3) is 43.5 Å². The highest BCUT2D eigenvalue weighted by Gasteiger charge is 2.10. The van der Waals surface area contributed by atoms with E-state index in [1.807, 2.05) is 24.4 Å². The fourth-order valence-electron chi connectivity index (χ4n) is 3.10. The molecule has 5 rings (SSSR count). The third kappa shape index (κ3) is 1.37. The van der Waals surface area contributed by atoms with Crippen molar-refractivity contribution in [3.63, 3.8) is 0 Å². The van der Waals surface area contributed by atoms with E-state index in [-0.39, 0.29) is 0 Å². The summed E-state index contributed by atoms with van der Waals surface area (Å²) in [7, 11) is 0. The molecule has 0 N–H and O–H groups in total. The van der Waals surface area contributed by atoms with Gasteiger partial charge >= 0.3 is 0 Å². The first-order valence-electron chi connectivity index (χ1n) is 6.84. The number of nitrogens with zero attached hydrogens (tertiary/aromatic N) is 2. The van der Waals surface area contributed by atoms with Crippen LogP contribution in [0.1, 0.15) is 0 Å². The fourth-order valence-corrected chi connectivity index (χ4v) is 3.10. The molecular weight excluding hydrogens is 260 g/mol. The van der Waals surface area contributed by atoms with Crippen molar-refractivity contribution in [2.45, 2.75) is 0 Å². The topological polar surface area (TPSA) is 38.9 Å². The predicted octanol–water partition coefficient (Wildman–Crippen LogP) is 4.68. The summed E-state index contributed by atoms with van der Waals surface area (Å²) in [6, 6.07) is 16.5. The molecule has 0 aliphatic heterocycles. The van der Waals surface area contributed by atoms with E-state index >= 15 is 0 Å². The quantitative estimate of drug-likeness (QED) is 0.383. The van der Waals surface area contributed by atoms with Gasteiger partial charge in [0.05, 0.1) is 5.52 Å². The van der Waals surface area contributed by atoms with Gasteiger partial charge in [-0.15, -0.1) is 0 Å². The van der Waals surface area contributed by atoms with Crippen molar-refractivity contribution >= 4 is 43.5 Å². The van der Waals surface area contributed by atoms with Gasteiger partial charge in [0.15, 0.2) is 12.0 Å². The van der Waals surface area contributed by atoms with Crippen molar-refractivity contribution < 1.29 is 4.42 Å². The molecule has 0 amide bonds. The second-order valence-electron chi connectivity index (χ2n) is 5.16. The number of rotatable bonds is 0. The number of pyridine rings is 1. The van der Waals surface area contributed by atoms with Crippen molar-refractivity contribution in [3.05, 3.63) is 61.1 Å². The Labute approximate surface area is 119 Å². The summed E-state index contributed by atoms with van der Waals surface area (Å²) in [4.78, 5) is 8.89. The Kier molecular flexibility index (Phi) is 1.95. The molecule has 3 nitrogen and oxygen atoms in total. The van der Waals surface area contributed by atoms with Crippen LogP contribution in [0.2, 0.25) is 0 Å². The smallest absolute Gasteiger partial charge is 0.182 e. The van der Waals surface area contributed by atoms with Gasteiger partial charge in [0.1, 0.15) is 5.52 Å². The molecule has 2 heterocycles. The second kappa shape index (κ2) is 3.79. The Morgan fingerprint density at radius 3 is 2.67 bits per heavy atom. The Hall–Kier alpha value is -2.94. The number of benzene rings is 3. The number of fused-ring (bicyclic) bond motifs is 7. The maximum Gasteiger partial charge on any atom is 0.182 e. The predicted molar refractivity (Wildman–Crippen MR) is 84.3 cm³/mol. The van der Waals surface area contributed by atoms with Crippen molar-refractivity contribution in [2.24, 2.45) is 0 Å². The highest BCUT2D eigenvalue weighted by atomic mass is 16.3. The average Bonchev–Trinajstić information content (AvgIpc) is 3.03. The van der Waals surface area contributed by atoms with E-state index in [2.05, 4.69) is 40.3 Å². The van der Waals surface area contributed by atoms with Crippen LogP contribution in [0.4, 0.5) is 0 Å². The first-order chi connectivity index (χ1) is 10.4. The summed E-state index contributed by atoms with van der Waals surface area (Å²) >= 11 is 0. The van der Waals surface area contributed by atoms with E-state index < -0.39 is 0 Å². The zero-order valence-electron chi connectivity index (χ0n) is 11.1. The molecular formula is C18H10N2O. The minimum absolute atomic E-state index is 0.820. The Bertz CT molecular complexity index is 1140. The Morgan fingerprint density at radius 1 is 0.762 bits per heavy atom. The summed E-state index contributed by atoms with van der Waals surface area (Å²) in [5.74, 6) is 0. The van der Waals surface area contributed by atoms with Gasteiger partial charge in [0, 0.05) is 27.7 Å². The highest BCUT2D eigenvalue weighted by molar-refractivity contribution is 6.22. The van der Waals surface area contributed by atoms with E-state index in [1.54, 1.807) is 0 Å². The van der Waals surface area contributed by atoms with Gasteiger partial charge in [0.2, 0.25) is 0 Å². The molecule has 0 aliphatic rings. The standard InChI is InChI=1S/C18H10N2O/c1-2-4-15-14(3-1)17-11(9-19-15)5-6-13-12(17)7-8-16-18(13)20-10-21-16/h1-10H. The molecule has 0 saturated heterocycles. The van der Waals surface area contributed by atoms with Gasteiger partial charge < -0.3 is 4.42 Å². The molecule has 98 valence electrons. The Balaban J connectivity index is 2.14. The van der Waals surface area contributed by atoms with Crippen LogP contribution < -0.4 is 0 Å². The lowest BCUT2D eigenvalue weighted by Crippen LogP contribution is -1.84. The Morgan fingerprint density at radius 2 is 1.67 bits per heavy atom. The third-order valence-corrected chi connectivity index (χ3v) is 4.05. The molecule has 0 fully saturated rings. The average molecular weight is 270 g/mol. The molecule has 0 bridgehead atoms. The molecule has 5 aromatic rings. The van der Waals surface area contributed by atoms with Crippen molar-refractivity contribution in [1.82, 2.24) is 9.97 Å². The lowest BCUT2D eigenvalue weighted by Gasteiger charge is -2.07. The molecule has 0 aliphatic carbocycles. The van der Waals surface area contributed by atoms with Crippen molar-refractivity contribution in [3.8, 4) is 0 Å². The summed E-state index contributed by atoms with van der Waals surface area (Å²) in [6.07, 6.45) is 3.43. The van der Waals surface area contributed by atoms with Crippen molar-refractivity contribution in [2.75, 3.05) is 0 Å². The van der Waals surface area contributed by atoms with Crippen LogP contribution in [0, 0.1) is 0 Å². The summed E-state index contributed by atoms with van der Waals surface area (Å²) in [6.45, 7) is 0. The van der Waals surface area contributed by atoms with E-state index in [1.165, 1.54) is 22.6 Å². The lowest BCUT2D eigenvalue weighted by molar-refractivity contribution is 0.602. The largest absolute Gasteiger partial charge is 0.443 e. The number of hydrogen-bond donors (Lipinski definition) is 0. The molecule has 21 heavy (non-hydrogen) atoms. The number of hydrogen-bond acceptors (Lipinski definition) is 3. The zero-order chi connectivity index (χ0) is 13.8. The van der Waals surface area contributed by atoms with E-state index in [9.17, 15) is 0 Å². The van der Waals surface area contributed by atoms with Crippen LogP contribution in [0.3, 0.4) is 0 Å². The van der Waals surface area contributed by atoms with Crippen LogP contribution in [0.5, 0.6) is 0 Å². The monoisotopic (exact) mass is 270 g/mol. The summed E-state index contributed by atoms with van der Waals surface area (Å²) in [5.41, 5.74) is 2.74. The lowest BCUT2D eigenvalue weighted by atomic mass is 9.99. The van der Waals surface area contributed by atoms with Gasteiger partial charge in [-0.2, -0.15) is 0 Å². The minimum Gasteiger partial charge on any atom is -0.443 e. The van der Waals surface area contributed by atoms with E-state index in [0.29, 0.717) is 0 Å². The number of para-hydroxylation sites is 1. The second-order valence-corrected chi connectivity index (χ2v) is 5.16. The fraction of sp³-hybridized carbons (Fsp3) is 0. The van der Waals surface area contributed by atoms with Gasteiger partial charge in [0.25, 0.3) is 0 Å². The third-order valence-electron chi connectivity index (χ3n) is 4.05.